The number of nitrogens with zero attached hydrogens (tertiary/aromatic N) is 1. The van der Waals surface area contributed by atoms with Crippen LogP contribution < -0.4 is 10.5 Å². The summed E-state index contributed by atoms with van der Waals surface area (Å²) in [4.78, 5) is 14.7. The van der Waals surface area contributed by atoms with Crippen molar-refractivity contribution in [3.8, 4) is 5.75 Å². The van der Waals surface area contributed by atoms with Gasteiger partial charge >= 0.3 is 0 Å². The largest absolute Gasteiger partial charge is 0.497 e. The van der Waals surface area contributed by atoms with Crippen molar-refractivity contribution >= 4 is 30.7 Å². The van der Waals surface area contributed by atoms with Crippen LogP contribution in [0.1, 0.15) is 36.5 Å². The van der Waals surface area contributed by atoms with Gasteiger partial charge in [0.1, 0.15) is 11.4 Å². The molecule has 0 bridgehead atoms. The monoisotopic (exact) mass is 468 g/mol. The van der Waals surface area contributed by atoms with E-state index in [1.54, 1.807) is 7.11 Å². The normalized spacial score (nSPS) is 15.2. The minimum absolute atomic E-state index is 0. The second-order valence-corrected chi connectivity index (χ2v) is 7.86. The lowest BCUT2D eigenvalue weighted by Crippen LogP contribution is -2.65. The molecule has 0 saturated carbocycles. The van der Waals surface area contributed by atoms with E-state index in [9.17, 15) is 4.79 Å². The van der Waals surface area contributed by atoms with Crippen LogP contribution in [0.4, 0.5) is 0 Å². The summed E-state index contributed by atoms with van der Waals surface area (Å²) in [7, 11) is 1.64. The first-order valence-electron chi connectivity index (χ1n) is 10.4. The van der Waals surface area contributed by atoms with E-state index in [-0.39, 0.29) is 30.7 Å². The lowest BCUT2D eigenvalue weighted by Gasteiger charge is -2.51. The maximum absolute atomic E-state index is 12.9. The molecule has 31 heavy (non-hydrogen) atoms. The van der Waals surface area contributed by atoms with Crippen LogP contribution in [0.25, 0.3) is 0 Å². The topological polar surface area (TPSA) is 64.8 Å². The Morgan fingerprint density at radius 1 is 1.13 bits per heavy atom. The molecule has 1 fully saturated rings. The van der Waals surface area contributed by atoms with Gasteiger partial charge in [0.15, 0.2) is 0 Å². The maximum Gasteiger partial charge on any atom is 0.240 e. The van der Waals surface area contributed by atoms with Crippen molar-refractivity contribution in [3.63, 3.8) is 0 Å². The summed E-state index contributed by atoms with van der Waals surface area (Å²) in [6, 6.07) is 15.4. The molecule has 2 aromatic carbocycles. The van der Waals surface area contributed by atoms with Gasteiger partial charge in [-0.2, -0.15) is 0 Å². The molecule has 2 N–H and O–H groups in total. The van der Waals surface area contributed by atoms with E-state index in [0.717, 1.165) is 24.2 Å². The maximum atomic E-state index is 12.9. The molecule has 0 unspecified atom stereocenters. The summed E-state index contributed by atoms with van der Waals surface area (Å²) < 4.78 is 11.5. The zero-order chi connectivity index (χ0) is 20.9. The number of likely N-dealkylation sites (tertiary alicyclic amines) is 1. The summed E-state index contributed by atoms with van der Waals surface area (Å²) in [5.41, 5.74) is 9.21. The molecule has 5 nitrogen and oxygen atoms in total. The third-order valence-corrected chi connectivity index (χ3v) is 5.65. The van der Waals surface area contributed by atoms with Crippen molar-refractivity contribution in [1.29, 1.82) is 0 Å². The summed E-state index contributed by atoms with van der Waals surface area (Å²) in [5, 5.41) is 0. The number of aryl methyl sites for hydroxylation is 1. The fourth-order valence-electron chi connectivity index (χ4n) is 3.90. The first-order valence-corrected chi connectivity index (χ1v) is 10.4. The second kappa shape index (κ2) is 12.3. The van der Waals surface area contributed by atoms with Crippen LogP contribution in [0.3, 0.4) is 0 Å². The van der Waals surface area contributed by atoms with Gasteiger partial charge in [-0.05, 0) is 48.6 Å². The molecule has 1 aliphatic heterocycles. The van der Waals surface area contributed by atoms with E-state index in [2.05, 4.69) is 26.0 Å². The average Bonchev–Trinajstić information content (AvgIpc) is 2.70. The fourth-order valence-corrected chi connectivity index (χ4v) is 3.90. The molecular formula is C24H34Cl2N2O3. The molecular weight excluding hydrogens is 435 g/mol. The highest BCUT2D eigenvalue weighted by Gasteiger charge is 2.49. The smallest absolute Gasteiger partial charge is 0.240 e. The van der Waals surface area contributed by atoms with Gasteiger partial charge in [-0.3, -0.25) is 4.79 Å². The number of halogens is 2. The molecule has 0 spiro atoms. The van der Waals surface area contributed by atoms with Crippen LogP contribution in [0.15, 0.2) is 48.5 Å². The molecule has 3 rings (SSSR count). The van der Waals surface area contributed by atoms with Crippen molar-refractivity contribution in [2.75, 3.05) is 26.8 Å². The Labute approximate surface area is 198 Å². The molecule has 2 aromatic rings. The Morgan fingerprint density at radius 2 is 1.77 bits per heavy atom. The second-order valence-electron chi connectivity index (χ2n) is 7.86. The van der Waals surface area contributed by atoms with Crippen LogP contribution in [0.5, 0.6) is 5.75 Å². The Balaban J connectivity index is 0.00000240. The van der Waals surface area contributed by atoms with Gasteiger partial charge in [-0.15, -0.1) is 24.8 Å². The molecule has 172 valence electrons. The Bertz CT molecular complexity index is 824. The molecule has 7 heteroatoms. The number of amides is 1. The summed E-state index contributed by atoms with van der Waals surface area (Å²) in [6.07, 6.45) is 2.60. The van der Waals surface area contributed by atoms with Gasteiger partial charge in [0, 0.05) is 6.61 Å². The molecule has 1 atom stereocenters. The van der Waals surface area contributed by atoms with E-state index in [1.165, 1.54) is 11.1 Å². The number of hydrogen-bond acceptors (Lipinski definition) is 4. The van der Waals surface area contributed by atoms with Crippen molar-refractivity contribution in [3.05, 3.63) is 65.2 Å². The Hall–Kier alpha value is -1.79. The first-order chi connectivity index (χ1) is 14.0. The number of rotatable bonds is 9. The van der Waals surface area contributed by atoms with Crippen molar-refractivity contribution < 1.29 is 14.3 Å². The van der Waals surface area contributed by atoms with Crippen molar-refractivity contribution in [1.82, 2.24) is 4.90 Å². The number of benzene rings is 2. The third kappa shape index (κ3) is 6.36. The summed E-state index contributed by atoms with van der Waals surface area (Å²) >= 11 is 0. The fraction of sp³-hybridized carbons (Fsp3) is 0.458. The van der Waals surface area contributed by atoms with Crippen LogP contribution in [-0.2, 0) is 21.6 Å². The lowest BCUT2D eigenvalue weighted by molar-refractivity contribution is -0.174. The Kier molecular flexibility index (Phi) is 10.8. The zero-order valence-electron chi connectivity index (χ0n) is 18.5. The van der Waals surface area contributed by atoms with Crippen LogP contribution in [0, 0.1) is 6.92 Å². The predicted octanol–water partition coefficient (Wildman–Crippen LogP) is 4.27. The van der Waals surface area contributed by atoms with Gasteiger partial charge in [-0.25, -0.2) is 0 Å². The van der Waals surface area contributed by atoms with Gasteiger partial charge in [0.25, 0.3) is 0 Å². The number of methoxy groups -OCH3 is 1. The van der Waals surface area contributed by atoms with Gasteiger partial charge in [0.05, 0.1) is 26.2 Å². The first kappa shape index (κ1) is 27.2. The highest BCUT2D eigenvalue weighted by Crippen LogP contribution is 2.38. The quantitative estimate of drug-likeness (QED) is 0.557. The number of nitrogens with two attached hydrogens (primary N) is 1. The van der Waals surface area contributed by atoms with E-state index in [1.807, 2.05) is 41.3 Å². The molecule has 1 amide bonds. The van der Waals surface area contributed by atoms with Crippen LogP contribution in [0.2, 0.25) is 0 Å². The molecule has 1 saturated heterocycles. The number of unbranched alkanes of at least 4 members (excludes halogenated alkanes) is 1. The highest BCUT2D eigenvalue weighted by atomic mass is 35.5. The van der Waals surface area contributed by atoms with E-state index < -0.39 is 11.6 Å². The Morgan fingerprint density at radius 3 is 2.35 bits per heavy atom. The number of hydrogen-bond donors (Lipinski definition) is 1. The van der Waals surface area contributed by atoms with Crippen molar-refractivity contribution in [2.24, 2.45) is 5.73 Å². The predicted molar refractivity (Wildman–Crippen MR) is 129 cm³/mol. The van der Waals surface area contributed by atoms with Gasteiger partial charge in [0.2, 0.25) is 5.91 Å². The minimum Gasteiger partial charge on any atom is -0.497 e. The van der Waals surface area contributed by atoms with E-state index in [4.69, 9.17) is 15.2 Å². The van der Waals surface area contributed by atoms with Gasteiger partial charge < -0.3 is 20.1 Å². The van der Waals surface area contributed by atoms with Gasteiger partial charge in [-0.1, -0.05) is 49.7 Å². The van der Waals surface area contributed by atoms with Crippen molar-refractivity contribution in [2.45, 2.75) is 44.8 Å². The van der Waals surface area contributed by atoms with E-state index >= 15 is 0 Å². The minimum atomic E-state index is -0.561. The molecule has 0 aliphatic carbocycles. The summed E-state index contributed by atoms with van der Waals surface area (Å²) in [6.45, 7) is 6.05. The average molecular weight is 469 g/mol. The molecule has 1 aliphatic rings. The van der Waals surface area contributed by atoms with E-state index in [0.29, 0.717) is 26.1 Å². The lowest BCUT2D eigenvalue weighted by atomic mass is 9.82. The van der Waals surface area contributed by atoms with Crippen LogP contribution in [-0.4, -0.2) is 43.7 Å². The third-order valence-electron chi connectivity index (χ3n) is 5.65. The summed E-state index contributed by atoms with van der Waals surface area (Å²) in [5.74, 6) is 0.771. The molecule has 0 aromatic heterocycles. The number of carbonyl (C=O) groups excluding carboxylic acids is 1. The standard InChI is InChI=1S/C24H32N2O3.2ClH/c1-4-5-14-29-24(21-9-7-6-8-18(21)2)16-26(17-24)23(27)22(25)15-19-10-12-20(28-3)13-11-19;;/h6-13,22H,4-5,14-17,25H2,1-3H3;2*1H/t22-;;/m1../s1. The number of carbonyl (C=O) groups is 1. The number of ether oxygens (including phenoxy) is 2. The zero-order valence-corrected chi connectivity index (χ0v) is 20.1. The highest BCUT2D eigenvalue weighted by molar-refractivity contribution is 5.85. The molecule has 1 heterocycles. The molecule has 0 radical (unpaired) electrons. The SMILES string of the molecule is CCCCOC1(c2ccccc2C)CN(C(=O)[C@H](N)Cc2ccc(OC)cc2)C1.Cl.Cl. The van der Waals surface area contributed by atoms with Crippen LogP contribution >= 0.6 is 24.8 Å².